The van der Waals surface area contributed by atoms with Gasteiger partial charge < -0.3 is 4.74 Å². The van der Waals surface area contributed by atoms with E-state index in [1.807, 2.05) is 30.3 Å². The second kappa shape index (κ2) is 8.67. The quantitative estimate of drug-likeness (QED) is 0.322. The Kier molecular flexibility index (Phi) is 5.81. The SMILES string of the molecule is COc1cccc(Cn2c(SCc3cc(F)cc(F)c3)nc3ccccc3c2=O)c1. The summed E-state index contributed by atoms with van der Waals surface area (Å²) in [7, 11) is 1.59. The predicted molar refractivity (Wildman–Crippen MR) is 114 cm³/mol. The first-order valence-corrected chi connectivity index (χ1v) is 10.2. The van der Waals surface area contributed by atoms with E-state index in [0.29, 0.717) is 33.9 Å². The number of aromatic nitrogens is 2. The highest BCUT2D eigenvalue weighted by atomic mass is 32.2. The van der Waals surface area contributed by atoms with Crippen LogP contribution < -0.4 is 10.3 Å². The summed E-state index contributed by atoms with van der Waals surface area (Å²) in [5.74, 6) is -0.298. The van der Waals surface area contributed by atoms with Gasteiger partial charge in [0.15, 0.2) is 5.16 Å². The summed E-state index contributed by atoms with van der Waals surface area (Å²) in [5.41, 5.74) is 1.77. The second-order valence-corrected chi connectivity index (χ2v) is 7.66. The predicted octanol–water partition coefficient (Wildman–Crippen LogP) is 5.02. The maximum atomic E-state index is 13.5. The molecular formula is C23H18F2N2O2S. The number of para-hydroxylation sites is 1. The number of hydrogen-bond donors (Lipinski definition) is 0. The molecule has 1 heterocycles. The standard InChI is InChI=1S/C23H18F2N2O2S/c1-29-19-6-4-5-15(11-19)13-27-22(28)20-7-2-3-8-21(20)26-23(27)30-14-16-9-17(24)12-18(25)10-16/h2-12H,13-14H2,1H3. The highest BCUT2D eigenvalue weighted by molar-refractivity contribution is 7.98. The van der Waals surface area contributed by atoms with Crippen LogP contribution in [-0.4, -0.2) is 16.7 Å². The van der Waals surface area contributed by atoms with Crippen LogP contribution in [0.5, 0.6) is 5.75 Å². The van der Waals surface area contributed by atoms with E-state index < -0.39 is 11.6 Å². The Hall–Kier alpha value is -3.19. The number of benzene rings is 3. The number of thioether (sulfide) groups is 1. The lowest BCUT2D eigenvalue weighted by Gasteiger charge is -2.14. The van der Waals surface area contributed by atoms with Crippen molar-refractivity contribution in [3.05, 3.63) is 99.8 Å². The molecule has 4 aromatic rings. The first-order valence-electron chi connectivity index (χ1n) is 9.24. The van der Waals surface area contributed by atoms with E-state index in [9.17, 15) is 13.6 Å². The van der Waals surface area contributed by atoms with Gasteiger partial charge >= 0.3 is 0 Å². The second-order valence-electron chi connectivity index (χ2n) is 6.72. The molecule has 4 rings (SSSR count). The van der Waals surface area contributed by atoms with Gasteiger partial charge in [0.05, 0.1) is 24.6 Å². The molecule has 0 unspecified atom stereocenters. The summed E-state index contributed by atoms with van der Waals surface area (Å²) in [6.45, 7) is 0.299. The van der Waals surface area contributed by atoms with Gasteiger partial charge in [-0.3, -0.25) is 9.36 Å². The summed E-state index contributed by atoms with van der Waals surface area (Å²) < 4.78 is 33.9. The molecule has 30 heavy (non-hydrogen) atoms. The first kappa shape index (κ1) is 20.1. The molecule has 0 N–H and O–H groups in total. The van der Waals surface area contributed by atoms with Crippen LogP contribution in [0.1, 0.15) is 11.1 Å². The number of halogens is 2. The number of rotatable bonds is 6. The summed E-state index contributed by atoms with van der Waals surface area (Å²) in [6.07, 6.45) is 0. The molecular weight excluding hydrogens is 406 g/mol. The van der Waals surface area contributed by atoms with Gasteiger partial charge in [-0.25, -0.2) is 13.8 Å². The van der Waals surface area contributed by atoms with Crippen LogP contribution in [0.2, 0.25) is 0 Å². The van der Waals surface area contributed by atoms with Gasteiger partial charge in [0.1, 0.15) is 17.4 Å². The Morgan fingerprint density at radius 1 is 0.967 bits per heavy atom. The molecule has 0 spiro atoms. The maximum Gasteiger partial charge on any atom is 0.262 e. The minimum absolute atomic E-state index is 0.170. The van der Waals surface area contributed by atoms with Crippen LogP contribution in [-0.2, 0) is 12.3 Å². The number of methoxy groups -OCH3 is 1. The molecule has 0 aliphatic rings. The smallest absolute Gasteiger partial charge is 0.262 e. The van der Waals surface area contributed by atoms with Crippen molar-refractivity contribution in [1.29, 1.82) is 0 Å². The van der Waals surface area contributed by atoms with Gasteiger partial charge in [0.25, 0.3) is 5.56 Å². The Balaban J connectivity index is 1.74. The van der Waals surface area contributed by atoms with E-state index in [1.165, 1.54) is 23.9 Å². The zero-order valence-electron chi connectivity index (χ0n) is 16.1. The normalized spacial score (nSPS) is 11.0. The third-order valence-corrected chi connectivity index (χ3v) is 5.64. The van der Waals surface area contributed by atoms with Crippen molar-refractivity contribution in [3.8, 4) is 5.75 Å². The zero-order chi connectivity index (χ0) is 21.1. The van der Waals surface area contributed by atoms with Crippen LogP contribution in [0.25, 0.3) is 10.9 Å². The Labute approximate surface area is 176 Å². The Morgan fingerprint density at radius 3 is 2.50 bits per heavy atom. The molecule has 0 radical (unpaired) electrons. The van der Waals surface area contributed by atoms with Crippen LogP contribution in [0, 0.1) is 11.6 Å². The molecule has 0 aliphatic carbocycles. The monoisotopic (exact) mass is 424 g/mol. The molecule has 0 aliphatic heterocycles. The molecule has 0 saturated heterocycles. The van der Waals surface area contributed by atoms with Crippen LogP contribution >= 0.6 is 11.8 Å². The molecule has 1 aromatic heterocycles. The van der Waals surface area contributed by atoms with Crippen molar-refractivity contribution in [2.24, 2.45) is 0 Å². The molecule has 0 amide bonds. The number of fused-ring (bicyclic) bond motifs is 1. The van der Waals surface area contributed by atoms with E-state index in [-0.39, 0.29) is 11.3 Å². The van der Waals surface area contributed by atoms with E-state index in [1.54, 1.807) is 29.9 Å². The highest BCUT2D eigenvalue weighted by Crippen LogP contribution is 2.24. The first-order chi connectivity index (χ1) is 14.5. The van der Waals surface area contributed by atoms with Gasteiger partial charge in [0.2, 0.25) is 0 Å². The van der Waals surface area contributed by atoms with E-state index in [4.69, 9.17) is 4.74 Å². The van der Waals surface area contributed by atoms with Gasteiger partial charge in [-0.1, -0.05) is 36.0 Å². The average molecular weight is 424 g/mol. The van der Waals surface area contributed by atoms with E-state index in [2.05, 4.69) is 4.98 Å². The number of nitrogens with zero attached hydrogens (tertiary/aromatic N) is 2. The summed E-state index contributed by atoms with van der Waals surface area (Å²) in [6, 6.07) is 18.0. The van der Waals surface area contributed by atoms with Crippen molar-refractivity contribution in [3.63, 3.8) is 0 Å². The average Bonchev–Trinajstić information content (AvgIpc) is 2.74. The van der Waals surface area contributed by atoms with Crippen molar-refractivity contribution in [2.75, 3.05) is 7.11 Å². The van der Waals surface area contributed by atoms with Crippen LogP contribution in [0.4, 0.5) is 8.78 Å². The molecule has 0 atom stereocenters. The molecule has 7 heteroatoms. The molecule has 0 bridgehead atoms. The molecule has 0 fully saturated rings. The molecule has 4 nitrogen and oxygen atoms in total. The van der Waals surface area contributed by atoms with Gasteiger partial charge in [-0.2, -0.15) is 0 Å². The lowest BCUT2D eigenvalue weighted by molar-refractivity contribution is 0.414. The van der Waals surface area contributed by atoms with E-state index >= 15 is 0 Å². The molecule has 3 aromatic carbocycles. The lowest BCUT2D eigenvalue weighted by Crippen LogP contribution is -2.24. The van der Waals surface area contributed by atoms with Gasteiger partial charge in [-0.15, -0.1) is 0 Å². The summed E-state index contributed by atoms with van der Waals surface area (Å²) >= 11 is 1.26. The Bertz CT molecular complexity index is 1250. The summed E-state index contributed by atoms with van der Waals surface area (Å²) in [5, 5.41) is 0.993. The van der Waals surface area contributed by atoms with Crippen molar-refractivity contribution < 1.29 is 13.5 Å². The lowest BCUT2D eigenvalue weighted by atomic mass is 10.2. The van der Waals surface area contributed by atoms with Crippen molar-refractivity contribution >= 4 is 22.7 Å². The Morgan fingerprint density at radius 2 is 1.73 bits per heavy atom. The van der Waals surface area contributed by atoms with Crippen LogP contribution in [0.3, 0.4) is 0 Å². The van der Waals surface area contributed by atoms with Gasteiger partial charge in [-0.05, 0) is 47.5 Å². The third-order valence-electron chi connectivity index (χ3n) is 4.59. The zero-order valence-corrected chi connectivity index (χ0v) is 17.0. The largest absolute Gasteiger partial charge is 0.497 e. The fourth-order valence-corrected chi connectivity index (χ4v) is 4.12. The van der Waals surface area contributed by atoms with Gasteiger partial charge in [0, 0.05) is 11.8 Å². The fourth-order valence-electron chi connectivity index (χ4n) is 3.19. The van der Waals surface area contributed by atoms with Crippen molar-refractivity contribution in [2.45, 2.75) is 17.5 Å². The topological polar surface area (TPSA) is 44.1 Å². The summed E-state index contributed by atoms with van der Waals surface area (Å²) in [4.78, 5) is 17.8. The van der Waals surface area contributed by atoms with E-state index in [0.717, 1.165) is 11.6 Å². The molecule has 152 valence electrons. The highest BCUT2D eigenvalue weighted by Gasteiger charge is 2.13. The number of hydrogen-bond acceptors (Lipinski definition) is 4. The number of ether oxygens (including phenoxy) is 1. The maximum absolute atomic E-state index is 13.5. The third kappa shape index (κ3) is 4.36. The van der Waals surface area contributed by atoms with Crippen molar-refractivity contribution in [1.82, 2.24) is 9.55 Å². The van der Waals surface area contributed by atoms with Crippen LogP contribution in [0.15, 0.2) is 76.7 Å². The minimum Gasteiger partial charge on any atom is -0.497 e. The minimum atomic E-state index is -0.633. The fraction of sp³-hybridized carbons (Fsp3) is 0.130. The molecule has 0 saturated carbocycles.